The van der Waals surface area contributed by atoms with E-state index in [0.717, 1.165) is 44.9 Å². The molecular weight excluding hydrogens is 296 g/mol. The molecule has 4 fully saturated rings. The van der Waals surface area contributed by atoms with Gasteiger partial charge in [-0.05, 0) is 80.5 Å². The number of rotatable bonds is 0. The molecule has 4 saturated carbocycles. The summed E-state index contributed by atoms with van der Waals surface area (Å²) in [6.45, 7) is 4.59. The average molecular weight is 326 g/mol. The summed E-state index contributed by atoms with van der Waals surface area (Å²) in [6, 6.07) is 0. The lowest BCUT2D eigenvalue weighted by Gasteiger charge is -2.58. The SMILES string of the molecule is C#CC1(O)C[C@@H]2CCC3[C@H](CCC4(C)[C@H]3CC[C@@]4(O)C#C)C2(C)C1. The fourth-order valence-electron chi connectivity index (χ4n) is 7.62. The monoisotopic (exact) mass is 326 g/mol. The molecule has 0 radical (unpaired) electrons. The van der Waals surface area contributed by atoms with Crippen LogP contribution in [0.4, 0.5) is 0 Å². The molecule has 130 valence electrons. The van der Waals surface area contributed by atoms with Gasteiger partial charge in [-0.1, -0.05) is 25.7 Å². The van der Waals surface area contributed by atoms with Crippen LogP contribution in [0.25, 0.3) is 0 Å². The zero-order chi connectivity index (χ0) is 17.4. The summed E-state index contributed by atoms with van der Waals surface area (Å²) in [4.78, 5) is 0. The van der Waals surface area contributed by atoms with Crippen LogP contribution >= 0.6 is 0 Å². The van der Waals surface area contributed by atoms with Crippen molar-refractivity contribution in [2.45, 2.75) is 76.4 Å². The maximum absolute atomic E-state index is 11.0. The highest BCUT2D eigenvalue weighted by Gasteiger charge is 2.66. The number of hydrogen-bond acceptors (Lipinski definition) is 2. The van der Waals surface area contributed by atoms with E-state index in [-0.39, 0.29) is 10.8 Å². The Morgan fingerprint density at radius 1 is 0.917 bits per heavy atom. The Balaban J connectivity index is 1.68. The largest absolute Gasteiger partial charge is 0.378 e. The molecule has 2 heteroatoms. The predicted octanol–water partition coefficient (Wildman–Crippen LogP) is 3.37. The smallest absolute Gasteiger partial charge is 0.130 e. The number of terminal acetylenes is 2. The fraction of sp³-hybridized carbons (Fsp3) is 0.818. The molecule has 4 rings (SSSR count). The lowest BCUT2D eigenvalue weighted by molar-refractivity contribution is -0.119. The van der Waals surface area contributed by atoms with Crippen molar-refractivity contribution < 1.29 is 10.2 Å². The Morgan fingerprint density at radius 3 is 2.29 bits per heavy atom. The van der Waals surface area contributed by atoms with Gasteiger partial charge in [0.1, 0.15) is 11.2 Å². The zero-order valence-electron chi connectivity index (χ0n) is 15.0. The maximum Gasteiger partial charge on any atom is 0.130 e. The van der Waals surface area contributed by atoms with Crippen molar-refractivity contribution in [2.75, 3.05) is 0 Å². The summed E-state index contributed by atoms with van der Waals surface area (Å²) >= 11 is 0. The first-order valence-electron chi connectivity index (χ1n) is 9.62. The normalized spacial score (nSPS) is 58.9. The van der Waals surface area contributed by atoms with Crippen LogP contribution in [0.1, 0.15) is 65.2 Å². The first kappa shape index (κ1) is 16.5. The van der Waals surface area contributed by atoms with E-state index in [1.54, 1.807) is 0 Å². The minimum Gasteiger partial charge on any atom is -0.378 e. The lowest BCUT2D eigenvalue weighted by Crippen LogP contribution is -2.54. The molecule has 0 aromatic heterocycles. The van der Waals surface area contributed by atoms with E-state index in [1.165, 1.54) is 6.42 Å². The third-order valence-electron chi connectivity index (χ3n) is 8.98. The minimum atomic E-state index is -0.935. The van der Waals surface area contributed by atoms with Crippen LogP contribution < -0.4 is 0 Å². The number of fused-ring (bicyclic) bond motifs is 5. The van der Waals surface area contributed by atoms with Crippen molar-refractivity contribution in [3.8, 4) is 24.7 Å². The molecule has 4 aliphatic carbocycles. The van der Waals surface area contributed by atoms with Gasteiger partial charge in [-0.3, -0.25) is 0 Å². The average Bonchev–Trinajstić information content (AvgIpc) is 2.99. The molecule has 2 nitrogen and oxygen atoms in total. The quantitative estimate of drug-likeness (QED) is 0.670. The topological polar surface area (TPSA) is 40.5 Å². The van der Waals surface area contributed by atoms with Gasteiger partial charge in [0.15, 0.2) is 0 Å². The van der Waals surface area contributed by atoms with Gasteiger partial charge in [0.2, 0.25) is 0 Å². The second-order valence-electron chi connectivity index (χ2n) is 9.71. The van der Waals surface area contributed by atoms with Gasteiger partial charge >= 0.3 is 0 Å². The summed E-state index contributed by atoms with van der Waals surface area (Å²) in [5.74, 6) is 7.70. The Labute approximate surface area is 146 Å². The minimum absolute atomic E-state index is 0.141. The second-order valence-corrected chi connectivity index (χ2v) is 9.71. The van der Waals surface area contributed by atoms with Crippen LogP contribution in [0.3, 0.4) is 0 Å². The van der Waals surface area contributed by atoms with Crippen molar-refractivity contribution in [1.29, 1.82) is 0 Å². The van der Waals surface area contributed by atoms with E-state index in [9.17, 15) is 10.2 Å². The molecule has 0 amide bonds. The van der Waals surface area contributed by atoms with E-state index >= 15 is 0 Å². The third kappa shape index (κ3) is 1.83. The van der Waals surface area contributed by atoms with Crippen molar-refractivity contribution in [3.63, 3.8) is 0 Å². The van der Waals surface area contributed by atoms with Gasteiger partial charge in [-0.2, -0.15) is 0 Å². The fourth-order valence-corrected chi connectivity index (χ4v) is 7.62. The standard InChI is InChI=1S/C22H30O2/c1-5-21(23)13-15-7-8-16-17(19(15,3)14-21)9-11-20(4)18(16)10-12-22(20,24)6-2/h1-2,15-18,23-24H,7-14H2,3-4H3/t15-,16?,17-,18-,19?,20?,21?,22-/m0/s1. The lowest BCUT2D eigenvalue weighted by atomic mass is 9.47. The molecule has 24 heavy (non-hydrogen) atoms. The summed E-state index contributed by atoms with van der Waals surface area (Å²) in [5.41, 5.74) is -1.85. The molecule has 4 unspecified atom stereocenters. The predicted molar refractivity (Wildman–Crippen MR) is 94.7 cm³/mol. The van der Waals surface area contributed by atoms with Gasteiger partial charge in [0.25, 0.3) is 0 Å². The van der Waals surface area contributed by atoms with Crippen molar-refractivity contribution in [3.05, 3.63) is 0 Å². The highest BCUT2D eigenvalue weighted by molar-refractivity contribution is 5.25. The highest BCUT2D eigenvalue weighted by Crippen LogP contribution is 2.69. The summed E-state index contributed by atoms with van der Waals surface area (Å²) in [5, 5.41) is 21.8. The van der Waals surface area contributed by atoms with E-state index in [0.29, 0.717) is 23.7 Å². The van der Waals surface area contributed by atoms with Gasteiger partial charge in [0.05, 0.1) is 0 Å². The van der Waals surface area contributed by atoms with Crippen molar-refractivity contribution in [1.82, 2.24) is 0 Å². The number of aliphatic hydroxyl groups is 2. The van der Waals surface area contributed by atoms with Crippen LogP contribution in [0, 0.1) is 59.2 Å². The first-order chi connectivity index (χ1) is 11.2. The summed E-state index contributed by atoms with van der Waals surface area (Å²) in [7, 11) is 0. The van der Waals surface area contributed by atoms with Crippen molar-refractivity contribution in [2.24, 2.45) is 34.5 Å². The van der Waals surface area contributed by atoms with Crippen molar-refractivity contribution >= 4 is 0 Å². The molecule has 4 aliphatic rings. The van der Waals surface area contributed by atoms with E-state index in [1.807, 2.05) is 0 Å². The van der Waals surface area contributed by atoms with Gasteiger partial charge in [-0.25, -0.2) is 0 Å². The van der Waals surface area contributed by atoms with Crippen LogP contribution in [0.2, 0.25) is 0 Å². The molecule has 0 aromatic carbocycles. The molecule has 0 heterocycles. The molecule has 0 bridgehead atoms. The molecule has 8 atom stereocenters. The Hall–Kier alpha value is -0.960. The zero-order valence-corrected chi connectivity index (χ0v) is 15.0. The maximum atomic E-state index is 11.0. The van der Waals surface area contributed by atoms with E-state index in [2.05, 4.69) is 25.7 Å². The Morgan fingerprint density at radius 2 is 1.62 bits per heavy atom. The molecular formula is C22H30O2. The van der Waals surface area contributed by atoms with Crippen LogP contribution in [-0.2, 0) is 0 Å². The van der Waals surface area contributed by atoms with E-state index in [4.69, 9.17) is 12.8 Å². The second kappa shape index (κ2) is 4.81. The highest BCUT2D eigenvalue weighted by atomic mass is 16.3. The molecule has 2 N–H and O–H groups in total. The molecule has 0 aromatic rings. The van der Waals surface area contributed by atoms with Gasteiger partial charge < -0.3 is 10.2 Å². The van der Waals surface area contributed by atoms with Crippen LogP contribution in [0.15, 0.2) is 0 Å². The van der Waals surface area contributed by atoms with Gasteiger partial charge in [0, 0.05) is 5.41 Å². The molecule has 0 aliphatic heterocycles. The third-order valence-corrected chi connectivity index (χ3v) is 8.98. The number of hydrogen-bond donors (Lipinski definition) is 2. The summed E-state index contributed by atoms with van der Waals surface area (Å²) in [6.07, 6.45) is 19.1. The van der Waals surface area contributed by atoms with Crippen LogP contribution in [-0.4, -0.2) is 21.4 Å². The Bertz CT molecular complexity index is 641. The van der Waals surface area contributed by atoms with Gasteiger partial charge in [-0.15, -0.1) is 12.8 Å². The molecule has 0 spiro atoms. The van der Waals surface area contributed by atoms with Crippen LogP contribution in [0.5, 0.6) is 0 Å². The Kier molecular flexibility index (Phi) is 3.31. The first-order valence-corrected chi connectivity index (χ1v) is 9.62. The summed E-state index contributed by atoms with van der Waals surface area (Å²) < 4.78 is 0. The van der Waals surface area contributed by atoms with E-state index < -0.39 is 11.2 Å². The molecule has 0 saturated heterocycles.